The average molecular weight is 289 g/mol. The number of hydrogen-bond donors (Lipinski definition) is 1. The molecule has 118 valence electrons. The molecule has 2 N–H and O–H groups in total. The van der Waals surface area contributed by atoms with Crippen molar-refractivity contribution in [3.63, 3.8) is 0 Å². The number of rotatable bonds is 4. The first-order valence-electron chi connectivity index (χ1n) is 8.36. The van der Waals surface area contributed by atoms with E-state index in [0.717, 1.165) is 30.2 Å². The smallest absolute Gasteiger partial charge is 0.131 e. The highest BCUT2D eigenvalue weighted by atomic mass is 14.9. The number of aryl methyl sites for hydroxylation is 2. The summed E-state index contributed by atoms with van der Waals surface area (Å²) < 4.78 is 0. The Labute approximate surface area is 129 Å². The Bertz CT molecular complexity index is 460. The first kappa shape index (κ1) is 16.4. The van der Waals surface area contributed by atoms with Gasteiger partial charge in [-0.15, -0.1) is 0 Å². The van der Waals surface area contributed by atoms with E-state index in [-0.39, 0.29) is 0 Å². The zero-order chi connectivity index (χ0) is 15.6. The van der Waals surface area contributed by atoms with Gasteiger partial charge in [0.1, 0.15) is 5.82 Å². The van der Waals surface area contributed by atoms with Crippen molar-refractivity contribution in [1.29, 1.82) is 0 Å². The summed E-state index contributed by atoms with van der Waals surface area (Å²) in [5.41, 5.74) is 9.86. The molecular weight excluding hydrogens is 258 g/mol. The largest absolute Gasteiger partial charge is 0.330 e. The summed E-state index contributed by atoms with van der Waals surface area (Å²) in [7, 11) is 0. The lowest BCUT2D eigenvalue weighted by molar-refractivity contribution is 0.220. The highest BCUT2D eigenvalue weighted by molar-refractivity contribution is 5.26. The minimum absolute atomic E-state index is 0.493. The van der Waals surface area contributed by atoms with Crippen molar-refractivity contribution in [3.8, 4) is 0 Å². The molecule has 1 heterocycles. The molecule has 1 aliphatic carbocycles. The molecule has 0 amide bonds. The van der Waals surface area contributed by atoms with Gasteiger partial charge < -0.3 is 5.73 Å². The minimum atomic E-state index is 0.493. The molecule has 0 spiro atoms. The molecule has 0 aromatic carbocycles. The molecule has 21 heavy (non-hydrogen) atoms. The fourth-order valence-corrected chi connectivity index (χ4v) is 3.33. The summed E-state index contributed by atoms with van der Waals surface area (Å²) in [6, 6.07) is 0. The standard InChI is InChI=1S/C18H31N3/c1-12(11-19)10-16-13(2)20-17(21-14(16)3)15-6-8-18(4,5)9-7-15/h12,15H,6-11,19H2,1-5H3. The van der Waals surface area contributed by atoms with Gasteiger partial charge >= 0.3 is 0 Å². The third kappa shape index (κ3) is 4.03. The fourth-order valence-electron chi connectivity index (χ4n) is 3.33. The van der Waals surface area contributed by atoms with Crippen molar-refractivity contribution in [2.24, 2.45) is 17.1 Å². The first-order chi connectivity index (χ1) is 9.82. The maximum Gasteiger partial charge on any atom is 0.131 e. The molecule has 0 bridgehead atoms. The Hall–Kier alpha value is -0.960. The summed E-state index contributed by atoms with van der Waals surface area (Å²) in [6.45, 7) is 11.9. The van der Waals surface area contributed by atoms with Gasteiger partial charge in [0.2, 0.25) is 0 Å². The van der Waals surface area contributed by atoms with Crippen LogP contribution in [0.2, 0.25) is 0 Å². The van der Waals surface area contributed by atoms with E-state index in [1.54, 1.807) is 0 Å². The summed E-state index contributed by atoms with van der Waals surface area (Å²) in [5, 5.41) is 0. The quantitative estimate of drug-likeness (QED) is 0.914. The minimum Gasteiger partial charge on any atom is -0.330 e. The van der Waals surface area contributed by atoms with Gasteiger partial charge in [0.25, 0.3) is 0 Å². The molecule has 0 saturated heterocycles. The van der Waals surface area contributed by atoms with E-state index in [4.69, 9.17) is 15.7 Å². The molecule has 1 saturated carbocycles. The highest BCUT2D eigenvalue weighted by Gasteiger charge is 2.29. The van der Waals surface area contributed by atoms with Crippen LogP contribution in [0.4, 0.5) is 0 Å². The molecule has 1 unspecified atom stereocenters. The van der Waals surface area contributed by atoms with Crippen LogP contribution in [-0.2, 0) is 6.42 Å². The van der Waals surface area contributed by atoms with E-state index in [1.807, 2.05) is 0 Å². The maximum absolute atomic E-state index is 5.75. The number of aromatic nitrogens is 2. The Morgan fingerprint density at radius 2 is 1.67 bits per heavy atom. The number of hydrogen-bond acceptors (Lipinski definition) is 3. The van der Waals surface area contributed by atoms with Crippen LogP contribution >= 0.6 is 0 Å². The van der Waals surface area contributed by atoms with E-state index in [9.17, 15) is 0 Å². The molecule has 1 aromatic rings. The predicted molar refractivity (Wildman–Crippen MR) is 88.4 cm³/mol. The van der Waals surface area contributed by atoms with Crippen molar-refractivity contribution in [1.82, 2.24) is 9.97 Å². The lowest BCUT2D eigenvalue weighted by Crippen LogP contribution is -2.22. The van der Waals surface area contributed by atoms with E-state index < -0.39 is 0 Å². The second kappa shape index (κ2) is 6.43. The predicted octanol–water partition coefficient (Wildman–Crippen LogP) is 3.91. The zero-order valence-electron chi connectivity index (χ0n) is 14.4. The summed E-state index contributed by atoms with van der Waals surface area (Å²) >= 11 is 0. The maximum atomic E-state index is 5.75. The molecule has 0 radical (unpaired) electrons. The van der Waals surface area contributed by atoms with Crippen LogP contribution in [0, 0.1) is 25.2 Å². The lowest BCUT2D eigenvalue weighted by Gasteiger charge is -2.33. The van der Waals surface area contributed by atoms with Crippen molar-refractivity contribution in [2.45, 2.75) is 72.6 Å². The lowest BCUT2D eigenvalue weighted by atomic mass is 9.73. The Balaban J connectivity index is 2.16. The molecule has 3 heteroatoms. The topological polar surface area (TPSA) is 51.8 Å². The fraction of sp³-hybridized carbons (Fsp3) is 0.778. The number of nitrogens with zero attached hydrogens (tertiary/aromatic N) is 2. The van der Waals surface area contributed by atoms with Crippen LogP contribution < -0.4 is 5.73 Å². The van der Waals surface area contributed by atoms with E-state index in [2.05, 4.69) is 34.6 Å². The normalized spacial score (nSPS) is 20.5. The van der Waals surface area contributed by atoms with Gasteiger partial charge in [-0.2, -0.15) is 0 Å². The van der Waals surface area contributed by atoms with Crippen LogP contribution in [0.3, 0.4) is 0 Å². The van der Waals surface area contributed by atoms with Crippen molar-refractivity contribution in [2.75, 3.05) is 6.54 Å². The molecule has 1 aliphatic rings. The zero-order valence-corrected chi connectivity index (χ0v) is 14.4. The van der Waals surface area contributed by atoms with E-state index in [0.29, 0.717) is 17.3 Å². The van der Waals surface area contributed by atoms with Crippen LogP contribution in [0.1, 0.15) is 75.1 Å². The summed E-state index contributed by atoms with van der Waals surface area (Å²) in [6.07, 6.45) is 6.01. The van der Waals surface area contributed by atoms with Crippen LogP contribution in [-0.4, -0.2) is 16.5 Å². The monoisotopic (exact) mass is 289 g/mol. The summed E-state index contributed by atoms with van der Waals surface area (Å²) in [5.74, 6) is 2.12. The Morgan fingerprint density at radius 1 is 1.14 bits per heavy atom. The van der Waals surface area contributed by atoms with E-state index >= 15 is 0 Å². The molecule has 0 aliphatic heterocycles. The third-order valence-corrected chi connectivity index (χ3v) is 5.10. The third-order valence-electron chi connectivity index (χ3n) is 5.10. The van der Waals surface area contributed by atoms with Crippen LogP contribution in [0.15, 0.2) is 0 Å². The molecule has 1 fully saturated rings. The van der Waals surface area contributed by atoms with Gasteiger partial charge in [-0.25, -0.2) is 9.97 Å². The average Bonchev–Trinajstić information content (AvgIpc) is 2.42. The van der Waals surface area contributed by atoms with Crippen molar-refractivity contribution >= 4 is 0 Å². The van der Waals surface area contributed by atoms with Crippen molar-refractivity contribution in [3.05, 3.63) is 22.8 Å². The van der Waals surface area contributed by atoms with Crippen LogP contribution in [0.25, 0.3) is 0 Å². The van der Waals surface area contributed by atoms with Gasteiger partial charge in [0.15, 0.2) is 0 Å². The second-order valence-corrected chi connectivity index (χ2v) is 7.71. The second-order valence-electron chi connectivity index (χ2n) is 7.71. The van der Waals surface area contributed by atoms with Gasteiger partial charge in [0, 0.05) is 17.3 Å². The van der Waals surface area contributed by atoms with Crippen LogP contribution in [0.5, 0.6) is 0 Å². The van der Waals surface area contributed by atoms with E-state index in [1.165, 1.54) is 31.2 Å². The Morgan fingerprint density at radius 3 is 2.14 bits per heavy atom. The molecular formula is C18H31N3. The highest BCUT2D eigenvalue weighted by Crippen LogP contribution is 2.41. The molecule has 2 rings (SSSR count). The Kier molecular flexibility index (Phi) is 5.03. The summed E-state index contributed by atoms with van der Waals surface area (Å²) in [4.78, 5) is 9.68. The first-order valence-corrected chi connectivity index (χ1v) is 8.36. The van der Waals surface area contributed by atoms with Gasteiger partial charge in [-0.05, 0) is 69.4 Å². The number of nitrogens with two attached hydrogens (primary N) is 1. The molecule has 1 atom stereocenters. The molecule has 3 nitrogen and oxygen atoms in total. The van der Waals surface area contributed by atoms with Gasteiger partial charge in [-0.1, -0.05) is 20.8 Å². The van der Waals surface area contributed by atoms with Gasteiger partial charge in [-0.3, -0.25) is 0 Å². The SMILES string of the molecule is Cc1nc(C2CCC(C)(C)CC2)nc(C)c1CC(C)CN. The molecule has 1 aromatic heterocycles. The van der Waals surface area contributed by atoms with Gasteiger partial charge in [0.05, 0.1) is 0 Å². The van der Waals surface area contributed by atoms with Crippen molar-refractivity contribution < 1.29 is 0 Å².